The topological polar surface area (TPSA) is 66.5 Å². The van der Waals surface area contributed by atoms with E-state index in [0.717, 1.165) is 45.2 Å². The molecule has 0 radical (unpaired) electrons. The van der Waals surface area contributed by atoms with Gasteiger partial charge in [0.15, 0.2) is 0 Å². The van der Waals surface area contributed by atoms with E-state index in [9.17, 15) is 13.2 Å². The van der Waals surface area contributed by atoms with Crippen LogP contribution in [0.25, 0.3) is 0 Å². The highest BCUT2D eigenvalue weighted by molar-refractivity contribution is 7.91. The Morgan fingerprint density at radius 3 is 2.38 bits per heavy atom. The molecule has 2 fully saturated rings. The number of nitrogens with zero attached hydrogens (tertiary/aromatic N) is 1. The molecule has 2 saturated heterocycles. The van der Waals surface area contributed by atoms with Crippen LogP contribution in [0.5, 0.6) is 0 Å². The van der Waals surface area contributed by atoms with Crippen LogP contribution >= 0.6 is 0 Å². The molecule has 26 heavy (non-hydrogen) atoms. The van der Waals surface area contributed by atoms with E-state index in [1.807, 2.05) is 13.8 Å². The smallest absolute Gasteiger partial charge is 0.225 e. The maximum Gasteiger partial charge on any atom is 0.225 e. The molecular formula is C20H38N2O3S. The maximum atomic E-state index is 12.8. The zero-order valence-electron chi connectivity index (χ0n) is 17.3. The highest BCUT2D eigenvalue weighted by Crippen LogP contribution is 2.28. The van der Waals surface area contributed by atoms with Gasteiger partial charge in [0, 0.05) is 24.0 Å². The fourth-order valence-corrected chi connectivity index (χ4v) is 6.18. The van der Waals surface area contributed by atoms with Crippen molar-refractivity contribution in [3.63, 3.8) is 0 Å². The molecule has 0 aromatic heterocycles. The molecule has 5 nitrogen and oxygen atoms in total. The number of nitrogens with one attached hydrogen (secondary N) is 1. The second kappa shape index (κ2) is 8.59. The Labute approximate surface area is 160 Å². The number of amides is 1. The predicted octanol–water partition coefficient (Wildman–Crippen LogP) is 2.85. The van der Waals surface area contributed by atoms with Crippen LogP contribution in [0.3, 0.4) is 0 Å². The first-order valence-corrected chi connectivity index (χ1v) is 12.1. The summed E-state index contributed by atoms with van der Waals surface area (Å²) in [6.45, 7) is 12.6. The molecule has 2 aliphatic rings. The van der Waals surface area contributed by atoms with Gasteiger partial charge in [-0.2, -0.15) is 0 Å². The second-order valence-corrected chi connectivity index (χ2v) is 11.8. The van der Waals surface area contributed by atoms with Gasteiger partial charge in [-0.05, 0) is 57.4 Å². The van der Waals surface area contributed by atoms with Crippen LogP contribution < -0.4 is 5.32 Å². The number of likely N-dealkylation sites (tertiary alicyclic amines) is 1. The lowest BCUT2D eigenvalue weighted by molar-refractivity contribution is -0.131. The Hall–Kier alpha value is -0.620. The Kier molecular flexibility index (Phi) is 7.16. The van der Waals surface area contributed by atoms with E-state index in [-0.39, 0.29) is 17.4 Å². The third-order valence-corrected chi connectivity index (χ3v) is 7.85. The highest BCUT2D eigenvalue weighted by Gasteiger charge is 2.35. The maximum absolute atomic E-state index is 12.8. The molecule has 2 unspecified atom stereocenters. The SMILES string of the molecule is CC(C)CC(C)(C)C(=O)NC1CCCN(CC2CCS(=O)(=O)CC2)C1C. The summed E-state index contributed by atoms with van der Waals surface area (Å²) in [4.78, 5) is 15.3. The zero-order chi connectivity index (χ0) is 19.5. The van der Waals surface area contributed by atoms with Gasteiger partial charge < -0.3 is 5.32 Å². The van der Waals surface area contributed by atoms with Crippen LogP contribution in [0.1, 0.15) is 66.7 Å². The number of hydrogen-bond acceptors (Lipinski definition) is 4. The Bertz CT molecular complexity index is 572. The minimum absolute atomic E-state index is 0.161. The molecular weight excluding hydrogens is 348 g/mol. The van der Waals surface area contributed by atoms with Crippen LogP contribution in [0.4, 0.5) is 0 Å². The summed E-state index contributed by atoms with van der Waals surface area (Å²) in [6, 6.07) is 0.496. The van der Waals surface area contributed by atoms with Crippen molar-refractivity contribution in [1.29, 1.82) is 0 Å². The average molecular weight is 387 g/mol. The predicted molar refractivity (Wildman–Crippen MR) is 107 cm³/mol. The fourth-order valence-electron chi connectivity index (χ4n) is 4.59. The molecule has 0 aromatic carbocycles. The number of piperidine rings is 1. The fraction of sp³-hybridized carbons (Fsp3) is 0.950. The van der Waals surface area contributed by atoms with Crippen molar-refractivity contribution >= 4 is 15.7 Å². The number of sulfone groups is 1. The summed E-state index contributed by atoms with van der Waals surface area (Å²) in [5, 5.41) is 3.32. The monoisotopic (exact) mass is 386 g/mol. The molecule has 1 N–H and O–H groups in total. The van der Waals surface area contributed by atoms with Crippen LogP contribution in [-0.2, 0) is 14.6 Å². The van der Waals surface area contributed by atoms with Crippen molar-refractivity contribution in [2.24, 2.45) is 17.3 Å². The van der Waals surface area contributed by atoms with E-state index < -0.39 is 9.84 Å². The molecule has 2 aliphatic heterocycles. The molecule has 0 aliphatic carbocycles. The van der Waals surface area contributed by atoms with E-state index in [1.54, 1.807) is 0 Å². The van der Waals surface area contributed by atoms with Gasteiger partial charge in [0.2, 0.25) is 5.91 Å². The highest BCUT2D eigenvalue weighted by atomic mass is 32.2. The molecule has 152 valence electrons. The second-order valence-electron chi connectivity index (χ2n) is 9.53. The molecule has 0 spiro atoms. The summed E-state index contributed by atoms with van der Waals surface area (Å²) in [5.41, 5.74) is -0.339. The molecule has 0 bridgehead atoms. The molecule has 6 heteroatoms. The quantitative estimate of drug-likeness (QED) is 0.762. The van der Waals surface area contributed by atoms with Crippen molar-refractivity contribution in [1.82, 2.24) is 10.2 Å². The summed E-state index contributed by atoms with van der Waals surface area (Å²) < 4.78 is 23.3. The molecule has 2 atom stereocenters. The molecule has 0 saturated carbocycles. The van der Waals surface area contributed by atoms with Gasteiger partial charge in [0.05, 0.1) is 11.5 Å². The van der Waals surface area contributed by atoms with Gasteiger partial charge in [0.25, 0.3) is 0 Å². The van der Waals surface area contributed by atoms with E-state index in [0.29, 0.717) is 29.4 Å². The third kappa shape index (κ3) is 5.95. The van der Waals surface area contributed by atoms with Gasteiger partial charge in [-0.15, -0.1) is 0 Å². The van der Waals surface area contributed by atoms with Crippen LogP contribution in [-0.4, -0.2) is 55.9 Å². The number of carbonyl (C=O) groups excluding carboxylic acids is 1. The van der Waals surface area contributed by atoms with E-state index in [1.165, 1.54) is 0 Å². The molecule has 0 aromatic rings. The number of carbonyl (C=O) groups is 1. The Morgan fingerprint density at radius 2 is 1.81 bits per heavy atom. The normalized spacial score (nSPS) is 28.2. The van der Waals surface area contributed by atoms with Gasteiger partial charge >= 0.3 is 0 Å². The van der Waals surface area contributed by atoms with Crippen molar-refractivity contribution in [3.8, 4) is 0 Å². The minimum Gasteiger partial charge on any atom is -0.351 e. The van der Waals surface area contributed by atoms with Crippen LogP contribution in [0.2, 0.25) is 0 Å². The van der Waals surface area contributed by atoms with E-state index in [4.69, 9.17) is 0 Å². The summed E-state index contributed by atoms with van der Waals surface area (Å²) in [5.74, 6) is 1.80. The van der Waals surface area contributed by atoms with E-state index in [2.05, 4.69) is 31.0 Å². The summed E-state index contributed by atoms with van der Waals surface area (Å²) in [7, 11) is -2.80. The van der Waals surface area contributed by atoms with Crippen LogP contribution in [0.15, 0.2) is 0 Å². The molecule has 2 rings (SSSR count). The first kappa shape index (κ1) is 21.7. The molecule has 1 amide bonds. The minimum atomic E-state index is -2.80. The van der Waals surface area contributed by atoms with E-state index >= 15 is 0 Å². The van der Waals surface area contributed by atoms with Gasteiger partial charge in [-0.3, -0.25) is 9.69 Å². The van der Waals surface area contributed by atoms with Crippen molar-refractivity contribution in [2.45, 2.75) is 78.8 Å². The standard InChI is InChI=1S/C20H38N2O3S/c1-15(2)13-20(4,5)19(23)21-18-7-6-10-22(16(18)3)14-17-8-11-26(24,25)12-9-17/h15-18H,6-14H2,1-5H3,(H,21,23). The van der Waals surface area contributed by atoms with Crippen LogP contribution in [0, 0.1) is 17.3 Å². The summed E-state index contributed by atoms with van der Waals surface area (Å²) in [6.07, 6.45) is 4.57. The Balaban J connectivity index is 1.90. The lowest BCUT2D eigenvalue weighted by Crippen LogP contribution is -2.57. The van der Waals surface area contributed by atoms with Crippen molar-refractivity contribution < 1.29 is 13.2 Å². The first-order valence-electron chi connectivity index (χ1n) is 10.3. The first-order chi connectivity index (χ1) is 12.0. The summed E-state index contributed by atoms with van der Waals surface area (Å²) >= 11 is 0. The largest absolute Gasteiger partial charge is 0.351 e. The average Bonchev–Trinajstić information content (AvgIpc) is 2.51. The Morgan fingerprint density at radius 1 is 1.19 bits per heavy atom. The van der Waals surface area contributed by atoms with Crippen molar-refractivity contribution in [3.05, 3.63) is 0 Å². The lowest BCUT2D eigenvalue weighted by Gasteiger charge is -2.42. The number of hydrogen-bond donors (Lipinski definition) is 1. The number of rotatable bonds is 6. The molecule has 2 heterocycles. The lowest BCUT2D eigenvalue weighted by atomic mass is 9.82. The zero-order valence-corrected chi connectivity index (χ0v) is 18.1. The van der Waals surface area contributed by atoms with Gasteiger partial charge in [0.1, 0.15) is 9.84 Å². The van der Waals surface area contributed by atoms with Gasteiger partial charge in [-0.1, -0.05) is 27.7 Å². The van der Waals surface area contributed by atoms with Crippen molar-refractivity contribution in [2.75, 3.05) is 24.6 Å². The van der Waals surface area contributed by atoms with Gasteiger partial charge in [-0.25, -0.2) is 8.42 Å². The third-order valence-electron chi connectivity index (χ3n) is 6.14.